The molecular weight excluding hydrogens is 272 g/mol. The van der Waals surface area contributed by atoms with Crippen molar-refractivity contribution in [3.63, 3.8) is 0 Å². The van der Waals surface area contributed by atoms with E-state index in [4.69, 9.17) is 4.74 Å². The molecular formula is C20H40O2. The monoisotopic (exact) mass is 312 g/mol. The maximum Gasteiger partial charge on any atom is 0.306 e. The Morgan fingerprint density at radius 2 is 1.45 bits per heavy atom. The highest BCUT2D eigenvalue weighted by Crippen LogP contribution is 2.26. The molecule has 0 rings (SSSR count). The summed E-state index contributed by atoms with van der Waals surface area (Å²) in [6, 6.07) is 0. The van der Waals surface area contributed by atoms with E-state index in [2.05, 4.69) is 41.5 Å². The SMILES string of the molecule is CC(C)CCCCCCCCOC(=O)CC(C)CC(C)(C)C. The Hall–Kier alpha value is -0.530. The quantitative estimate of drug-likeness (QED) is 0.309. The predicted molar refractivity (Wildman–Crippen MR) is 96.0 cm³/mol. The van der Waals surface area contributed by atoms with Gasteiger partial charge in [-0.3, -0.25) is 4.79 Å². The van der Waals surface area contributed by atoms with Crippen molar-refractivity contribution in [2.75, 3.05) is 6.61 Å². The van der Waals surface area contributed by atoms with Gasteiger partial charge in [-0.25, -0.2) is 0 Å². The zero-order valence-corrected chi connectivity index (χ0v) is 16.0. The summed E-state index contributed by atoms with van der Waals surface area (Å²) in [7, 11) is 0. The second-order valence-corrected chi connectivity index (χ2v) is 8.60. The summed E-state index contributed by atoms with van der Waals surface area (Å²) in [5.41, 5.74) is 0.287. The molecule has 0 aliphatic rings. The van der Waals surface area contributed by atoms with Crippen LogP contribution in [0.15, 0.2) is 0 Å². The number of hydrogen-bond donors (Lipinski definition) is 0. The Bertz CT molecular complexity index is 276. The summed E-state index contributed by atoms with van der Waals surface area (Å²) in [6.07, 6.45) is 10.5. The van der Waals surface area contributed by atoms with E-state index >= 15 is 0 Å². The molecule has 0 heterocycles. The number of esters is 1. The second-order valence-electron chi connectivity index (χ2n) is 8.60. The number of unbranched alkanes of at least 4 members (excludes halogenated alkanes) is 5. The van der Waals surface area contributed by atoms with Crippen LogP contribution in [0.1, 0.15) is 99.3 Å². The molecule has 22 heavy (non-hydrogen) atoms. The van der Waals surface area contributed by atoms with E-state index in [-0.39, 0.29) is 11.4 Å². The van der Waals surface area contributed by atoms with Crippen molar-refractivity contribution in [2.24, 2.45) is 17.3 Å². The minimum atomic E-state index is -0.0197. The molecule has 1 unspecified atom stereocenters. The molecule has 0 amide bonds. The molecule has 0 aromatic carbocycles. The van der Waals surface area contributed by atoms with Gasteiger partial charge in [0.15, 0.2) is 0 Å². The van der Waals surface area contributed by atoms with Gasteiger partial charge in [0.05, 0.1) is 6.61 Å². The predicted octanol–water partition coefficient (Wildman–Crippen LogP) is 6.38. The molecule has 2 heteroatoms. The summed E-state index contributed by atoms with van der Waals surface area (Å²) < 4.78 is 5.35. The van der Waals surface area contributed by atoms with Crippen molar-refractivity contribution in [3.8, 4) is 0 Å². The van der Waals surface area contributed by atoms with Gasteiger partial charge >= 0.3 is 5.97 Å². The van der Waals surface area contributed by atoms with E-state index in [1.807, 2.05) is 0 Å². The van der Waals surface area contributed by atoms with Gasteiger partial charge in [0.1, 0.15) is 0 Å². The highest BCUT2D eigenvalue weighted by molar-refractivity contribution is 5.69. The maximum atomic E-state index is 11.8. The number of carbonyl (C=O) groups is 1. The van der Waals surface area contributed by atoms with Crippen LogP contribution < -0.4 is 0 Å². The lowest BCUT2D eigenvalue weighted by Crippen LogP contribution is -2.16. The summed E-state index contributed by atoms with van der Waals surface area (Å²) in [5.74, 6) is 1.22. The first kappa shape index (κ1) is 21.5. The van der Waals surface area contributed by atoms with Crippen LogP contribution >= 0.6 is 0 Å². The molecule has 0 aliphatic carbocycles. The zero-order valence-electron chi connectivity index (χ0n) is 16.0. The van der Waals surface area contributed by atoms with E-state index in [0.717, 1.165) is 18.8 Å². The lowest BCUT2D eigenvalue weighted by Gasteiger charge is -2.22. The highest BCUT2D eigenvalue weighted by Gasteiger charge is 2.18. The van der Waals surface area contributed by atoms with Crippen LogP contribution in [0.3, 0.4) is 0 Å². The zero-order chi connectivity index (χ0) is 17.0. The average Bonchev–Trinajstić information content (AvgIpc) is 2.33. The molecule has 0 radical (unpaired) electrons. The molecule has 0 aromatic rings. The largest absolute Gasteiger partial charge is 0.466 e. The summed E-state index contributed by atoms with van der Waals surface area (Å²) in [5, 5.41) is 0. The Kier molecular flexibility index (Phi) is 11.7. The van der Waals surface area contributed by atoms with Crippen LogP contribution in [-0.2, 0) is 9.53 Å². The molecule has 0 saturated carbocycles. The molecule has 0 aliphatic heterocycles. The first-order valence-electron chi connectivity index (χ1n) is 9.36. The van der Waals surface area contributed by atoms with Crippen LogP contribution in [0.25, 0.3) is 0 Å². The molecule has 0 N–H and O–H groups in total. The fourth-order valence-corrected chi connectivity index (χ4v) is 3.01. The Balaban J connectivity index is 3.42. The summed E-state index contributed by atoms with van der Waals surface area (Å²) in [4.78, 5) is 11.8. The van der Waals surface area contributed by atoms with Crippen LogP contribution in [0.5, 0.6) is 0 Å². The minimum absolute atomic E-state index is 0.0197. The molecule has 0 saturated heterocycles. The first-order chi connectivity index (χ1) is 10.2. The number of rotatable bonds is 12. The van der Waals surface area contributed by atoms with Crippen LogP contribution in [-0.4, -0.2) is 12.6 Å². The van der Waals surface area contributed by atoms with E-state index in [1.165, 1.54) is 38.5 Å². The molecule has 0 aromatic heterocycles. The van der Waals surface area contributed by atoms with Crippen molar-refractivity contribution < 1.29 is 9.53 Å². The standard InChI is InChI=1S/C20H40O2/c1-17(2)13-11-9-7-8-10-12-14-22-19(21)15-18(3)16-20(4,5)6/h17-18H,7-16H2,1-6H3. The van der Waals surface area contributed by atoms with E-state index in [0.29, 0.717) is 18.9 Å². The van der Waals surface area contributed by atoms with Crippen molar-refractivity contribution in [2.45, 2.75) is 99.3 Å². The normalized spacial score (nSPS) is 13.4. The summed E-state index contributed by atoms with van der Waals surface area (Å²) in [6.45, 7) is 14.0. The third-order valence-electron chi connectivity index (χ3n) is 3.91. The van der Waals surface area contributed by atoms with E-state index in [9.17, 15) is 4.79 Å². The molecule has 132 valence electrons. The van der Waals surface area contributed by atoms with Gasteiger partial charge in [0.25, 0.3) is 0 Å². The highest BCUT2D eigenvalue weighted by atomic mass is 16.5. The van der Waals surface area contributed by atoms with E-state index < -0.39 is 0 Å². The topological polar surface area (TPSA) is 26.3 Å². The molecule has 0 bridgehead atoms. The molecule has 1 atom stereocenters. The third-order valence-corrected chi connectivity index (χ3v) is 3.91. The molecule has 2 nitrogen and oxygen atoms in total. The average molecular weight is 313 g/mol. The summed E-state index contributed by atoms with van der Waals surface area (Å²) >= 11 is 0. The van der Waals surface area contributed by atoms with Gasteiger partial charge < -0.3 is 4.74 Å². The molecule has 0 spiro atoms. The fourth-order valence-electron chi connectivity index (χ4n) is 3.01. The molecule has 0 fully saturated rings. The van der Waals surface area contributed by atoms with Gasteiger partial charge in [-0.1, -0.05) is 80.1 Å². The first-order valence-corrected chi connectivity index (χ1v) is 9.36. The second kappa shape index (κ2) is 12.0. The van der Waals surface area contributed by atoms with Crippen LogP contribution in [0.2, 0.25) is 0 Å². The number of carbonyl (C=O) groups excluding carboxylic acids is 1. The number of ether oxygens (including phenoxy) is 1. The maximum absolute atomic E-state index is 11.8. The lowest BCUT2D eigenvalue weighted by molar-refractivity contribution is -0.144. The van der Waals surface area contributed by atoms with Crippen molar-refractivity contribution in [1.29, 1.82) is 0 Å². The van der Waals surface area contributed by atoms with Crippen molar-refractivity contribution in [3.05, 3.63) is 0 Å². The van der Waals surface area contributed by atoms with E-state index in [1.54, 1.807) is 0 Å². The van der Waals surface area contributed by atoms with Crippen LogP contribution in [0, 0.1) is 17.3 Å². The minimum Gasteiger partial charge on any atom is -0.466 e. The van der Waals surface area contributed by atoms with Gasteiger partial charge in [0, 0.05) is 6.42 Å². The van der Waals surface area contributed by atoms with Gasteiger partial charge in [-0.2, -0.15) is 0 Å². The van der Waals surface area contributed by atoms with Crippen molar-refractivity contribution >= 4 is 5.97 Å². The number of hydrogen-bond acceptors (Lipinski definition) is 2. The van der Waals surface area contributed by atoms with Gasteiger partial charge in [-0.15, -0.1) is 0 Å². The Labute approximate surface area is 139 Å². The van der Waals surface area contributed by atoms with Gasteiger partial charge in [-0.05, 0) is 30.1 Å². The smallest absolute Gasteiger partial charge is 0.306 e. The van der Waals surface area contributed by atoms with Crippen molar-refractivity contribution in [1.82, 2.24) is 0 Å². The fraction of sp³-hybridized carbons (Fsp3) is 0.950. The Morgan fingerprint density at radius 1 is 0.909 bits per heavy atom. The lowest BCUT2D eigenvalue weighted by atomic mass is 9.84. The Morgan fingerprint density at radius 3 is 2.00 bits per heavy atom. The third kappa shape index (κ3) is 15.9. The van der Waals surface area contributed by atoms with Gasteiger partial charge in [0.2, 0.25) is 0 Å². The van der Waals surface area contributed by atoms with Crippen LogP contribution in [0.4, 0.5) is 0 Å².